The van der Waals surface area contributed by atoms with Crippen LogP contribution >= 0.6 is 0 Å². The molecule has 0 aromatic carbocycles. The number of nitrogens with zero attached hydrogens (tertiary/aromatic N) is 2. The third-order valence-electron chi connectivity index (χ3n) is 2.69. The van der Waals surface area contributed by atoms with Crippen LogP contribution in [0.25, 0.3) is 0 Å². The first kappa shape index (κ1) is 13.3. The van der Waals surface area contributed by atoms with E-state index in [9.17, 15) is 0 Å². The summed E-state index contributed by atoms with van der Waals surface area (Å²) in [5, 5.41) is 3.06. The summed E-state index contributed by atoms with van der Waals surface area (Å²) < 4.78 is 5.68. The zero-order valence-corrected chi connectivity index (χ0v) is 10.6. The van der Waals surface area contributed by atoms with Crippen molar-refractivity contribution in [3.63, 3.8) is 0 Å². The predicted molar refractivity (Wildman–Crippen MR) is 66.6 cm³/mol. The van der Waals surface area contributed by atoms with Crippen molar-refractivity contribution in [1.29, 1.82) is 0 Å². The number of guanidine groups is 1. The Labute approximate surface area is 98.0 Å². The number of rotatable bonds is 4. The molecule has 5 heteroatoms. The van der Waals surface area contributed by atoms with Crippen LogP contribution in [0.5, 0.6) is 0 Å². The largest absolute Gasteiger partial charge is 0.373 e. The average Bonchev–Trinajstić information content (AvgIpc) is 2.22. The molecule has 0 aromatic heterocycles. The second-order valence-electron chi connectivity index (χ2n) is 4.41. The Balaban J connectivity index is 2.12. The van der Waals surface area contributed by atoms with E-state index in [1.165, 1.54) is 0 Å². The van der Waals surface area contributed by atoms with Gasteiger partial charge < -0.3 is 15.8 Å². The van der Waals surface area contributed by atoms with E-state index < -0.39 is 0 Å². The zero-order chi connectivity index (χ0) is 12.0. The molecule has 1 aliphatic rings. The predicted octanol–water partition coefficient (Wildman–Crippen LogP) is 0.0198. The summed E-state index contributed by atoms with van der Waals surface area (Å²) >= 11 is 0. The van der Waals surface area contributed by atoms with Crippen molar-refractivity contribution < 1.29 is 4.74 Å². The quantitative estimate of drug-likeness (QED) is 0.404. The van der Waals surface area contributed by atoms with E-state index in [1.54, 1.807) is 7.05 Å². The molecule has 0 radical (unpaired) electrons. The molecule has 2 unspecified atom stereocenters. The Morgan fingerprint density at radius 1 is 1.44 bits per heavy atom. The number of morpholine rings is 1. The second kappa shape index (κ2) is 6.70. The lowest BCUT2D eigenvalue weighted by molar-refractivity contribution is -0.0679. The molecule has 0 amide bonds. The highest BCUT2D eigenvalue weighted by molar-refractivity contribution is 5.77. The zero-order valence-electron chi connectivity index (χ0n) is 10.6. The van der Waals surface area contributed by atoms with Gasteiger partial charge >= 0.3 is 0 Å². The molecule has 0 bridgehead atoms. The van der Waals surface area contributed by atoms with Gasteiger partial charge in [-0.05, 0) is 20.3 Å². The average molecular weight is 228 g/mol. The van der Waals surface area contributed by atoms with Crippen molar-refractivity contribution >= 4 is 5.96 Å². The molecule has 3 N–H and O–H groups in total. The van der Waals surface area contributed by atoms with Crippen molar-refractivity contribution in [2.24, 2.45) is 10.7 Å². The van der Waals surface area contributed by atoms with E-state index in [1.807, 2.05) is 0 Å². The van der Waals surface area contributed by atoms with E-state index in [4.69, 9.17) is 10.5 Å². The van der Waals surface area contributed by atoms with E-state index in [0.717, 1.165) is 32.6 Å². The Morgan fingerprint density at radius 2 is 2.06 bits per heavy atom. The fraction of sp³-hybridized carbons (Fsp3) is 0.909. The molecule has 94 valence electrons. The Morgan fingerprint density at radius 3 is 2.62 bits per heavy atom. The topological polar surface area (TPSA) is 62.9 Å². The van der Waals surface area contributed by atoms with Crippen LogP contribution in [0.2, 0.25) is 0 Å². The molecule has 1 saturated heterocycles. The van der Waals surface area contributed by atoms with E-state index in [-0.39, 0.29) is 0 Å². The number of nitrogens with one attached hydrogen (secondary N) is 1. The molecule has 1 heterocycles. The van der Waals surface area contributed by atoms with Gasteiger partial charge in [0.15, 0.2) is 5.96 Å². The minimum atomic E-state index is 0.346. The molecule has 1 aliphatic heterocycles. The highest BCUT2D eigenvalue weighted by atomic mass is 16.5. The Kier molecular flexibility index (Phi) is 5.55. The van der Waals surface area contributed by atoms with Gasteiger partial charge in [0.05, 0.1) is 12.2 Å². The maximum absolute atomic E-state index is 5.68. The van der Waals surface area contributed by atoms with Crippen molar-refractivity contribution in [3.8, 4) is 0 Å². The molecule has 1 rings (SSSR count). The molecule has 0 aliphatic carbocycles. The summed E-state index contributed by atoms with van der Waals surface area (Å²) in [7, 11) is 1.69. The van der Waals surface area contributed by atoms with Crippen LogP contribution < -0.4 is 11.1 Å². The molecule has 0 saturated carbocycles. The van der Waals surface area contributed by atoms with Gasteiger partial charge in [0.2, 0.25) is 0 Å². The van der Waals surface area contributed by atoms with Crippen LogP contribution in [0.15, 0.2) is 4.99 Å². The number of nitrogens with two attached hydrogens (primary N) is 1. The molecular formula is C11H24N4O. The first-order chi connectivity index (χ1) is 7.61. The molecule has 2 atom stereocenters. The van der Waals surface area contributed by atoms with Gasteiger partial charge in [-0.2, -0.15) is 0 Å². The molecule has 5 nitrogen and oxygen atoms in total. The highest BCUT2D eigenvalue weighted by Crippen LogP contribution is 2.10. The van der Waals surface area contributed by atoms with E-state index >= 15 is 0 Å². The monoisotopic (exact) mass is 228 g/mol. The summed E-state index contributed by atoms with van der Waals surface area (Å²) in [6, 6.07) is 0. The van der Waals surface area contributed by atoms with Gasteiger partial charge in [-0.3, -0.25) is 9.89 Å². The van der Waals surface area contributed by atoms with Crippen LogP contribution in [-0.4, -0.2) is 56.3 Å². The van der Waals surface area contributed by atoms with Crippen LogP contribution in [-0.2, 0) is 4.74 Å². The fourth-order valence-corrected chi connectivity index (χ4v) is 2.07. The van der Waals surface area contributed by atoms with Crippen LogP contribution in [0, 0.1) is 0 Å². The summed E-state index contributed by atoms with van der Waals surface area (Å²) in [6.07, 6.45) is 1.77. The second-order valence-corrected chi connectivity index (χ2v) is 4.41. The first-order valence-electron chi connectivity index (χ1n) is 5.95. The lowest BCUT2D eigenvalue weighted by atomic mass is 10.2. The minimum Gasteiger partial charge on any atom is -0.373 e. The summed E-state index contributed by atoms with van der Waals surface area (Å²) in [5.74, 6) is 0.517. The molecule has 16 heavy (non-hydrogen) atoms. The lowest BCUT2D eigenvalue weighted by Crippen LogP contribution is -2.46. The Hall–Kier alpha value is -0.810. The van der Waals surface area contributed by atoms with Gasteiger partial charge in [0.25, 0.3) is 0 Å². The van der Waals surface area contributed by atoms with E-state index in [0.29, 0.717) is 18.2 Å². The summed E-state index contributed by atoms with van der Waals surface area (Å²) in [6.45, 7) is 8.28. The standard InChI is InChI=1S/C11H24N4O/c1-9-7-15(8-10(2)16-9)6-4-5-14-11(12)13-3/h9-10H,4-8H2,1-3H3,(H3,12,13,14). The van der Waals surface area contributed by atoms with Crippen molar-refractivity contribution in [2.75, 3.05) is 33.2 Å². The van der Waals surface area contributed by atoms with Crippen LogP contribution in [0.4, 0.5) is 0 Å². The van der Waals surface area contributed by atoms with Gasteiger partial charge in [-0.1, -0.05) is 0 Å². The smallest absolute Gasteiger partial charge is 0.188 e. The van der Waals surface area contributed by atoms with Crippen LogP contribution in [0.1, 0.15) is 20.3 Å². The number of ether oxygens (including phenoxy) is 1. The van der Waals surface area contributed by atoms with Gasteiger partial charge in [-0.25, -0.2) is 0 Å². The molecule has 1 fully saturated rings. The van der Waals surface area contributed by atoms with Gasteiger partial charge in [-0.15, -0.1) is 0 Å². The van der Waals surface area contributed by atoms with Crippen molar-refractivity contribution in [2.45, 2.75) is 32.5 Å². The Bertz CT molecular complexity index is 222. The maximum Gasteiger partial charge on any atom is 0.188 e. The van der Waals surface area contributed by atoms with Gasteiger partial charge in [0.1, 0.15) is 0 Å². The third-order valence-corrected chi connectivity index (χ3v) is 2.69. The number of aliphatic imine (C=N–C) groups is 1. The van der Waals surface area contributed by atoms with Crippen molar-refractivity contribution in [3.05, 3.63) is 0 Å². The summed E-state index contributed by atoms with van der Waals surface area (Å²) in [5.41, 5.74) is 5.54. The molecule has 0 aromatic rings. The number of hydrogen-bond acceptors (Lipinski definition) is 3. The molecular weight excluding hydrogens is 204 g/mol. The van der Waals surface area contributed by atoms with Crippen molar-refractivity contribution in [1.82, 2.24) is 10.2 Å². The minimum absolute atomic E-state index is 0.346. The lowest BCUT2D eigenvalue weighted by Gasteiger charge is -2.35. The highest BCUT2D eigenvalue weighted by Gasteiger charge is 2.21. The normalized spacial score (nSPS) is 28.1. The van der Waals surface area contributed by atoms with Crippen LogP contribution in [0.3, 0.4) is 0 Å². The number of hydrogen-bond donors (Lipinski definition) is 2. The van der Waals surface area contributed by atoms with E-state index in [2.05, 4.69) is 29.1 Å². The molecule has 0 spiro atoms. The SMILES string of the molecule is CN=C(N)NCCCN1CC(C)OC(C)C1. The first-order valence-corrected chi connectivity index (χ1v) is 5.95. The van der Waals surface area contributed by atoms with Gasteiger partial charge in [0, 0.05) is 33.2 Å². The third kappa shape index (κ3) is 4.81. The maximum atomic E-state index is 5.68. The fourth-order valence-electron chi connectivity index (χ4n) is 2.07. The summed E-state index contributed by atoms with van der Waals surface area (Å²) in [4.78, 5) is 6.29.